The van der Waals surface area contributed by atoms with Crippen LogP contribution in [0.4, 0.5) is 5.69 Å². The minimum atomic E-state index is -3.90. The molecule has 1 fully saturated rings. The number of benzene rings is 1. The van der Waals surface area contributed by atoms with Gasteiger partial charge in [0, 0.05) is 0 Å². The monoisotopic (exact) mass is 463 g/mol. The molecule has 0 amide bonds. The van der Waals surface area contributed by atoms with Gasteiger partial charge in [0.25, 0.3) is 0 Å². The number of non-ortho nitro benzene ring substituents is 1. The minimum absolute atomic E-state index is 0.0281. The average molecular weight is 462 g/mol. The molecular formula is C16H25NO5SSn. The van der Waals surface area contributed by atoms with Gasteiger partial charge in [-0.2, -0.15) is 0 Å². The molecule has 2 atom stereocenters. The van der Waals surface area contributed by atoms with E-state index in [0.29, 0.717) is 0 Å². The number of hydrogen-bond donors (Lipinski definition) is 0. The molecule has 2 rings (SSSR count). The maximum atomic E-state index is 12.5. The average Bonchev–Trinajstić information content (AvgIpc) is 2.46. The summed E-state index contributed by atoms with van der Waals surface area (Å²) in [5, 5.41) is 10.7. The first-order valence-corrected chi connectivity index (χ1v) is 19.5. The van der Waals surface area contributed by atoms with Gasteiger partial charge in [-0.15, -0.1) is 0 Å². The van der Waals surface area contributed by atoms with Crippen molar-refractivity contribution in [1.29, 1.82) is 0 Å². The molecule has 24 heavy (non-hydrogen) atoms. The summed E-state index contributed by atoms with van der Waals surface area (Å²) in [6, 6.07) is 4.84. The summed E-state index contributed by atoms with van der Waals surface area (Å²) in [5.41, 5.74) is -0.138. The van der Waals surface area contributed by atoms with Crippen LogP contribution in [-0.2, 0) is 14.3 Å². The Morgan fingerprint density at radius 2 is 1.83 bits per heavy atom. The van der Waals surface area contributed by atoms with Crippen LogP contribution >= 0.6 is 0 Å². The molecule has 1 saturated carbocycles. The van der Waals surface area contributed by atoms with Crippen LogP contribution in [-0.4, -0.2) is 37.8 Å². The second kappa shape index (κ2) is 6.91. The fraction of sp³-hybridized carbons (Fsp3) is 0.625. The predicted octanol–water partition coefficient (Wildman–Crippen LogP) is 4.34. The number of nitro benzene ring substituents is 1. The molecule has 1 aromatic rings. The predicted molar refractivity (Wildman–Crippen MR) is 95.3 cm³/mol. The summed E-state index contributed by atoms with van der Waals surface area (Å²) in [7, 11) is -3.90. The molecule has 8 heteroatoms. The summed E-state index contributed by atoms with van der Waals surface area (Å²) in [4.78, 5) is 17.2. The first kappa shape index (κ1) is 19.7. The van der Waals surface area contributed by atoms with Crippen LogP contribution in [0, 0.1) is 10.1 Å². The van der Waals surface area contributed by atoms with E-state index in [1.807, 2.05) is 0 Å². The van der Waals surface area contributed by atoms with Gasteiger partial charge in [-0.05, 0) is 0 Å². The Hall–Kier alpha value is -0.671. The van der Waals surface area contributed by atoms with Crippen molar-refractivity contribution in [3.05, 3.63) is 34.4 Å². The zero-order valence-electron chi connectivity index (χ0n) is 14.6. The summed E-state index contributed by atoms with van der Waals surface area (Å²) >= 11 is -2.22. The van der Waals surface area contributed by atoms with Gasteiger partial charge in [0.05, 0.1) is 0 Å². The topological polar surface area (TPSA) is 86.5 Å². The first-order chi connectivity index (χ1) is 10.9. The third kappa shape index (κ3) is 4.29. The Labute approximate surface area is 147 Å². The molecule has 1 aliphatic rings. The van der Waals surface area contributed by atoms with Crippen molar-refractivity contribution in [3.8, 4) is 0 Å². The van der Waals surface area contributed by atoms with Gasteiger partial charge in [-0.3, -0.25) is 0 Å². The molecule has 1 aliphatic carbocycles. The summed E-state index contributed by atoms with van der Waals surface area (Å²) in [5.74, 6) is 0. The molecule has 0 aromatic heterocycles. The van der Waals surface area contributed by atoms with E-state index in [1.54, 1.807) is 0 Å². The van der Waals surface area contributed by atoms with Gasteiger partial charge in [-0.1, -0.05) is 0 Å². The molecule has 0 heterocycles. The van der Waals surface area contributed by atoms with E-state index < -0.39 is 33.4 Å². The maximum absolute atomic E-state index is 12.5. The first-order valence-electron chi connectivity index (χ1n) is 8.12. The fourth-order valence-electron chi connectivity index (χ4n) is 3.16. The van der Waals surface area contributed by atoms with E-state index in [-0.39, 0.29) is 20.1 Å². The Balaban J connectivity index is 2.15. The second-order valence-electron chi connectivity index (χ2n) is 7.83. The van der Waals surface area contributed by atoms with Crippen LogP contribution < -0.4 is 0 Å². The molecule has 0 spiro atoms. The van der Waals surface area contributed by atoms with Crippen LogP contribution in [0.5, 0.6) is 0 Å². The van der Waals surface area contributed by atoms with Crippen molar-refractivity contribution in [1.82, 2.24) is 0 Å². The molecule has 0 aliphatic heterocycles. The molecule has 134 valence electrons. The zero-order chi connectivity index (χ0) is 18.2. The van der Waals surface area contributed by atoms with Crippen LogP contribution in [0.15, 0.2) is 29.2 Å². The molecule has 0 N–H and O–H groups in total. The van der Waals surface area contributed by atoms with E-state index in [4.69, 9.17) is 4.18 Å². The summed E-state index contributed by atoms with van der Waals surface area (Å²) in [6.07, 6.45) is 3.33. The summed E-state index contributed by atoms with van der Waals surface area (Å²) in [6.45, 7) is 2.27. The number of nitrogens with zero attached hydrogens (tertiary/aromatic N) is 1. The molecule has 0 unspecified atom stereocenters. The van der Waals surface area contributed by atoms with Crippen molar-refractivity contribution in [2.75, 3.05) is 0 Å². The molecule has 0 bridgehead atoms. The van der Waals surface area contributed by atoms with E-state index in [0.717, 1.165) is 25.7 Å². The third-order valence-corrected chi connectivity index (χ3v) is 18.3. The Morgan fingerprint density at radius 3 is 2.33 bits per heavy atom. The Bertz CT molecular complexity index is 711. The molecule has 6 nitrogen and oxygen atoms in total. The van der Waals surface area contributed by atoms with Crippen molar-refractivity contribution < 1.29 is 17.5 Å². The van der Waals surface area contributed by atoms with Crippen LogP contribution in [0.25, 0.3) is 0 Å². The van der Waals surface area contributed by atoms with Gasteiger partial charge >= 0.3 is 148 Å². The molecule has 0 radical (unpaired) electrons. The quantitative estimate of drug-likeness (QED) is 0.281. The normalized spacial score (nSPS) is 25.4. The molecule has 0 saturated heterocycles. The molecular weight excluding hydrogens is 437 g/mol. The van der Waals surface area contributed by atoms with E-state index in [9.17, 15) is 18.5 Å². The fourth-order valence-corrected chi connectivity index (χ4v) is 9.30. The standard InChI is InChI=1S/C13H16NO5S.3CH3.Sn/c1-10-3-2-4-12(9-10)19-20(17,18)13-7-5-11(6-8-13)14(15)16;;;;/h5-8,12H,2-4,9H2,1H3;3*1H3;/t12-;;;;/m0..../s1. The second-order valence-corrected chi connectivity index (χ2v) is 25.7. The Morgan fingerprint density at radius 1 is 1.25 bits per heavy atom. The number of rotatable bonds is 5. The van der Waals surface area contributed by atoms with Crippen molar-refractivity contribution in [3.63, 3.8) is 0 Å². The van der Waals surface area contributed by atoms with Gasteiger partial charge in [0.2, 0.25) is 0 Å². The SMILES string of the molecule is C[C@@]1([Sn]([CH3])([CH3])[CH3])CCC[C@H](OS(=O)(=O)c2ccc([N+](=O)[O-])cc2)C1. The number of nitro groups is 1. The third-order valence-electron chi connectivity index (χ3n) is 5.34. The van der Waals surface area contributed by atoms with Crippen molar-refractivity contribution in [2.45, 2.75) is 61.9 Å². The summed E-state index contributed by atoms with van der Waals surface area (Å²) < 4.78 is 30.7. The van der Waals surface area contributed by atoms with E-state index >= 15 is 0 Å². The number of hydrogen-bond acceptors (Lipinski definition) is 5. The zero-order valence-corrected chi connectivity index (χ0v) is 18.3. The van der Waals surface area contributed by atoms with Gasteiger partial charge in [0.1, 0.15) is 0 Å². The molecule has 1 aromatic carbocycles. The van der Waals surface area contributed by atoms with E-state index in [1.165, 1.54) is 24.3 Å². The van der Waals surface area contributed by atoms with Crippen LogP contribution in [0.3, 0.4) is 0 Å². The van der Waals surface area contributed by atoms with Gasteiger partial charge < -0.3 is 0 Å². The van der Waals surface area contributed by atoms with Crippen molar-refractivity contribution in [2.24, 2.45) is 0 Å². The van der Waals surface area contributed by atoms with E-state index in [2.05, 4.69) is 21.7 Å². The van der Waals surface area contributed by atoms with Gasteiger partial charge in [-0.25, -0.2) is 0 Å². The Kier molecular flexibility index (Phi) is 5.66. The van der Waals surface area contributed by atoms with Crippen molar-refractivity contribution >= 4 is 34.2 Å². The van der Waals surface area contributed by atoms with Crippen LogP contribution in [0.2, 0.25) is 18.2 Å². The van der Waals surface area contributed by atoms with Crippen LogP contribution in [0.1, 0.15) is 32.6 Å². The van der Waals surface area contributed by atoms with Gasteiger partial charge in [0.15, 0.2) is 0 Å².